The van der Waals surface area contributed by atoms with Crippen LogP contribution in [0.15, 0.2) is 64.8 Å². The highest BCUT2D eigenvalue weighted by Gasteiger charge is 2.22. The van der Waals surface area contributed by atoms with E-state index in [2.05, 4.69) is 4.99 Å². The summed E-state index contributed by atoms with van der Waals surface area (Å²) in [6.45, 7) is 0.745. The van der Waals surface area contributed by atoms with Crippen molar-refractivity contribution in [3.63, 3.8) is 0 Å². The van der Waals surface area contributed by atoms with Crippen molar-refractivity contribution in [1.82, 2.24) is 0 Å². The van der Waals surface area contributed by atoms with Gasteiger partial charge in [-0.15, -0.1) is 0 Å². The summed E-state index contributed by atoms with van der Waals surface area (Å²) in [6, 6.07) is 12.1. The Bertz CT molecular complexity index is 917. The number of ketones is 1. The lowest BCUT2D eigenvalue weighted by Crippen LogP contribution is -2.28. The Kier molecular flexibility index (Phi) is 6.97. The number of nitrogens with zero attached hydrogens (tertiary/aromatic N) is 1. The molecule has 0 amide bonds. The standard InChI is InChI=1S/C20H19F2N3O3/c1-12(23)17(19(24)25-10-13-6-3-2-4-7-13)20(27)28-11-16(26)18-14(21)8-5-9-15(18)22/h2-9H,10-11,23H2,1H3,(H2,24,25). The van der Waals surface area contributed by atoms with E-state index in [4.69, 9.17) is 16.2 Å². The van der Waals surface area contributed by atoms with E-state index in [1.807, 2.05) is 30.3 Å². The van der Waals surface area contributed by atoms with Crippen molar-refractivity contribution in [2.45, 2.75) is 13.5 Å². The van der Waals surface area contributed by atoms with Crippen LogP contribution in [0.5, 0.6) is 0 Å². The zero-order chi connectivity index (χ0) is 20.7. The van der Waals surface area contributed by atoms with Crippen LogP contribution in [-0.4, -0.2) is 24.2 Å². The fourth-order valence-electron chi connectivity index (χ4n) is 2.35. The summed E-state index contributed by atoms with van der Waals surface area (Å²) < 4.78 is 32.1. The van der Waals surface area contributed by atoms with Crippen LogP contribution in [0.25, 0.3) is 0 Å². The van der Waals surface area contributed by atoms with Crippen LogP contribution >= 0.6 is 0 Å². The molecule has 6 nitrogen and oxygen atoms in total. The Balaban J connectivity index is 2.09. The van der Waals surface area contributed by atoms with Gasteiger partial charge >= 0.3 is 5.97 Å². The molecule has 0 spiro atoms. The summed E-state index contributed by atoms with van der Waals surface area (Å²) in [5.41, 5.74) is 11.4. The third kappa shape index (κ3) is 5.23. The number of allylic oxidation sites excluding steroid dienone is 1. The third-order valence-corrected chi connectivity index (χ3v) is 3.71. The molecule has 0 unspecified atom stereocenters. The summed E-state index contributed by atoms with van der Waals surface area (Å²) in [4.78, 5) is 28.4. The lowest BCUT2D eigenvalue weighted by molar-refractivity contribution is -0.137. The Morgan fingerprint density at radius 1 is 1.00 bits per heavy atom. The highest BCUT2D eigenvalue weighted by Crippen LogP contribution is 2.13. The van der Waals surface area contributed by atoms with Crippen molar-refractivity contribution in [2.24, 2.45) is 16.5 Å². The summed E-state index contributed by atoms with van der Waals surface area (Å²) in [5.74, 6) is -4.30. The molecule has 28 heavy (non-hydrogen) atoms. The van der Waals surface area contributed by atoms with Crippen molar-refractivity contribution < 1.29 is 23.1 Å². The van der Waals surface area contributed by atoms with Gasteiger partial charge in [0.05, 0.1) is 12.1 Å². The first-order valence-corrected chi connectivity index (χ1v) is 8.26. The largest absolute Gasteiger partial charge is 0.454 e. The summed E-state index contributed by atoms with van der Waals surface area (Å²) in [7, 11) is 0. The molecule has 8 heteroatoms. The molecule has 0 saturated heterocycles. The Morgan fingerprint density at radius 3 is 2.18 bits per heavy atom. The van der Waals surface area contributed by atoms with E-state index in [-0.39, 0.29) is 23.7 Å². The minimum absolute atomic E-state index is 0.0313. The average molecular weight is 387 g/mol. The van der Waals surface area contributed by atoms with E-state index in [0.717, 1.165) is 23.8 Å². The molecule has 0 aliphatic heterocycles. The molecule has 2 aromatic rings. The first kappa shape index (κ1) is 20.8. The second-order valence-electron chi connectivity index (χ2n) is 5.84. The van der Waals surface area contributed by atoms with Gasteiger partial charge in [-0.2, -0.15) is 0 Å². The van der Waals surface area contributed by atoms with E-state index in [0.29, 0.717) is 0 Å². The minimum Gasteiger partial charge on any atom is -0.454 e. The van der Waals surface area contributed by atoms with Crippen LogP contribution in [0, 0.1) is 11.6 Å². The molecule has 0 fully saturated rings. The van der Waals surface area contributed by atoms with Gasteiger partial charge in [-0.05, 0) is 24.6 Å². The summed E-state index contributed by atoms with van der Waals surface area (Å²) in [6.07, 6.45) is 0. The maximum Gasteiger partial charge on any atom is 0.344 e. The van der Waals surface area contributed by atoms with Crippen molar-refractivity contribution in [3.8, 4) is 0 Å². The van der Waals surface area contributed by atoms with E-state index in [1.54, 1.807) is 0 Å². The molecule has 0 bridgehead atoms. The Hall–Kier alpha value is -3.55. The molecular weight excluding hydrogens is 368 g/mol. The minimum atomic E-state index is -1.05. The number of hydrogen-bond donors (Lipinski definition) is 2. The van der Waals surface area contributed by atoms with Gasteiger partial charge in [-0.1, -0.05) is 36.4 Å². The third-order valence-electron chi connectivity index (χ3n) is 3.71. The van der Waals surface area contributed by atoms with Crippen LogP contribution in [0.3, 0.4) is 0 Å². The zero-order valence-corrected chi connectivity index (χ0v) is 15.1. The first-order valence-electron chi connectivity index (χ1n) is 8.26. The molecular formula is C20H19F2N3O3. The van der Waals surface area contributed by atoms with Gasteiger partial charge in [0.2, 0.25) is 5.78 Å². The van der Waals surface area contributed by atoms with E-state index in [1.165, 1.54) is 6.92 Å². The van der Waals surface area contributed by atoms with E-state index in [9.17, 15) is 18.4 Å². The molecule has 0 saturated carbocycles. The van der Waals surface area contributed by atoms with Crippen molar-refractivity contribution in [3.05, 3.63) is 82.6 Å². The van der Waals surface area contributed by atoms with Crippen molar-refractivity contribution in [2.75, 3.05) is 6.61 Å². The molecule has 0 atom stereocenters. The van der Waals surface area contributed by atoms with Crippen molar-refractivity contribution >= 4 is 17.6 Å². The zero-order valence-electron chi connectivity index (χ0n) is 15.1. The predicted molar refractivity (Wildman–Crippen MR) is 100 cm³/mol. The molecule has 2 rings (SSSR count). The molecule has 0 aromatic heterocycles. The maximum atomic E-state index is 13.6. The highest BCUT2D eigenvalue weighted by atomic mass is 19.1. The van der Waals surface area contributed by atoms with Gasteiger partial charge in [0.25, 0.3) is 0 Å². The maximum absolute atomic E-state index is 13.6. The van der Waals surface area contributed by atoms with Gasteiger partial charge in [0.1, 0.15) is 23.0 Å². The number of esters is 1. The predicted octanol–water partition coefficient (Wildman–Crippen LogP) is 2.48. The number of Topliss-reactive ketones (excluding diaryl/α,β-unsaturated/α-hetero) is 1. The average Bonchev–Trinajstić information content (AvgIpc) is 2.65. The second kappa shape index (κ2) is 9.40. The highest BCUT2D eigenvalue weighted by molar-refractivity contribution is 6.19. The number of ether oxygens (including phenoxy) is 1. The van der Waals surface area contributed by atoms with E-state index >= 15 is 0 Å². The number of carbonyl (C=O) groups is 2. The molecule has 0 aliphatic rings. The fraction of sp³-hybridized carbons (Fsp3) is 0.150. The number of benzene rings is 2. The fourth-order valence-corrected chi connectivity index (χ4v) is 2.35. The number of amidine groups is 1. The van der Waals surface area contributed by atoms with Gasteiger partial charge in [0.15, 0.2) is 6.61 Å². The summed E-state index contributed by atoms with van der Waals surface area (Å²) in [5, 5.41) is 0. The van der Waals surface area contributed by atoms with E-state index < -0.39 is 35.6 Å². The number of rotatable bonds is 7. The van der Waals surface area contributed by atoms with Crippen LogP contribution < -0.4 is 11.5 Å². The SMILES string of the molecule is CC(N)=C(C(=O)OCC(=O)c1c(F)cccc1F)C(N)=NCc1ccccc1. The summed E-state index contributed by atoms with van der Waals surface area (Å²) >= 11 is 0. The molecule has 146 valence electrons. The van der Waals surface area contributed by atoms with Crippen LogP contribution in [0.1, 0.15) is 22.8 Å². The van der Waals surface area contributed by atoms with Crippen LogP contribution in [-0.2, 0) is 16.1 Å². The molecule has 0 aliphatic carbocycles. The normalized spacial score (nSPS) is 12.3. The number of carbonyl (C=O) groups excluding carboxylic acids is 2. The van der Waals surface area contributed by atoms with Gasteiger partial charge in [-0.25, -0.2) is 13.6 Å². The van der Waals surface area contributed by atoms with Crippen LogP contribution in [0.4, 0.5) is 8.78 Å². The molecule has 4 N–H and O–H groups in total. The lowest BCUT2D eigenvalue weighted by atomic mass is 10.1. The number of nitrogens with two attached hydrogens (primary N) is 2. The number of hydrogen-bond acceptors (Lipinski definition) is 5. The molecule has 0 radical (unpaired) electrons. The van der Waals surface area contributed by atoms with Gasteiger partial charge < -0.3 is 16.2 Å². The van der Waals surface area contributed by atoms with Crippen LogP contribution in [0.2, 0.25) is 0 Å². The Labute approximate surface area is 160 Å². The number of aliphatic imine (C=N–C) groups is 1. The topological polar surface area (TPSA) is 108 Å². The smallest absolute Gasteiger partial charge is 0.344 e. The van der Waals surface area contributed by atoms with Gasteiger partial charge in [0, 0.05) is 5.70 Å². The quantitative estimate of drug-likeness (QED) is 0.249. The lowest BCUT2D eigenvalue weighted by Gasteiger charge is -2.10. The molecule has 0 heterocycles. The Morgan fingerprint density at radius 2 is 1.61 bits per heavy atom. The second-order valence-corrected chi connectivity index (χ2v) is 5.84. The first-order chi connectivity index (χ1) is 13.3. The van der Waals surface area contributed by atoms with Gasteiger partial charge in [-0.3, -0.25) is 9.79 Å². The molecule has 2 aromatic carbocycles. The monoisotopic (exact) mass is 387 g/mol. The van der Waals surface area contributed by atoms with Crippen molar-refractivity contribution in [1.29, 1.82) is 0 Å². The number of halogens is 2.